The van der Waals surface area contributed by atoms with Gasteiger partial charge >= 0.3 is 18.3 Å². The van der Waals surface area contributed by atoms with Crippen molar-refractivity contribution in [3.63, 3.8) is 0 Å². The standard InChI is InChI=1S/C12H13F6N2O2/c1-20(2,3)8-5-4-7(6-19-8)9(21)22-10(11(13,14)15)12(16,17)18/h4-6,10H,1-3H3/q+1. The number of carbonyl (C=O) groups excluding carboxylic acids is 1. The number of aromatic nitrogens is 1. The first-order valence-corrected chi connectivity index (χ1v) is 5.85. The molecule has 0 saturated heterocycles. The lowest BCUT2D eigenvalue weighted by molar-refractivity contribution is -0.307. The van der Waals surface area contributed by atoms with Crippen molar-refractivity contribution in [2.75, 3.05) is 21.1 Å². The molecule has 0 N–H and O–H groups in total. The second-order valence-electron chi connectivity index (χ2n) is 5.29. The zero-order valence-electron chi connectivity index (χ0n) is 11.8. The van der Waals surface area contributed by atoms with Gasteiger partial charge in [-0.15, -0.1) is 0 Å². The molecule has 1 rings (SSSR count). The minimum atomic E-state index is -5.75. The SMILES string of the molecule is C[N+](C)(C)c1ccc(C(=O)OC(C(F)(F)F)C(F)(F)F)cn1. The number of quaternary nitrogens is 1. The van der Waals surface area contributed by atoms with Crippen LogP contribution >= 0.6 is 0 Å². The summed E-state index contributed by atoms with van der Waals surface area (Å²) in [4.78, 5) is 15.3. The lowest BCUT2D eigenvalue weighted by Gasteiger charge is -2.23. The van der Waals surface area contributed by atoms with Crippen molar-refractivity contribution < 1.29 is 35.9 Å². The van der Waals surface area contributed by atoms with Crippen molar-refractivity contribution in [1.82, 2.24) is 9.47 Å². The third-order valence-corrected chi connectivity index (χ3v) is 2.49. The van der Waals surface area contributed by atoms with Crippen LogP contribution < -0.4 is 4.48 Å². The van der Waals surface area contributed by atoms with Gasteiger partial charge in [0.1, 0.15) is 0 Å². The summed E-state index contributed by atoms with van der Waals surface area (Å²) < 4.78 is 77.6. The summed E-state index contributed by atoms with van der Waals surface area (Å²) >= 11 is 0. The molecule has 1 aromatic heterocycles. The van der Waals surface area contributed by atoms with Crippen molar-refractivity contribution >= 4 is 11.8 Å². The van der Waals surface area contributed by atoms with E-state index in [1.165, 1.54) is 6.07 Å². The Hall–Kier alpha value is -1.84. The van der Waals surface area contributed by atoms with E-state index < -0.39 is 30.0 Å². The van der Waals surface area contributed by atoms with Crippen molar-refractivity contribution in [2.45, 2.75) is 18.5 Å². The van der Waals surface area contributed by atoms with Crippen LogP contribution in [-0.4, -0.2) is 50.6 Å². The Morgan fingerprint density at radius 3 is 1.91 bits per heavy atom. The summed E-state index contributed by atoms with van der Waals surface area (Å²) in [6, 6.07) is 2.37. The van der Waals surface area contributed by atoms with Gasteiger partial charge in [0, 0.05) is 12.3 Å². The Morgan fingerprint density at radius 2 is 1.59 bits per heavy atom. The summed E-state index contributed by atoms with van der Waals surface area (Å²) in [7, 11) is 5.22. The van der Waals surface area contributed by atoms with E-state index in [9.17, 15) is 31.1 Å². The quantitative estimate of drug-likeness (QED) is 0.486. The van der Waals surface area contributed by atoms with Crippen molar-refractivity contribution in [3.05, 3.63) is 23.9 Å². The molecule has 0 unspecified atom stereocenters. The van der Waals surface area contributed by atoms with Gasteiger partial charge in [-0.2, -0.15) is 26.3 Å². The fourth-order valence-corrected chi connectivity index (χ4v) is 1.40. The van der Waals surface area contributed by atoms with Crippen molar-refractivity contribution in [1.29, 1.82) is 0 Å². The molecule has 0 aromatic carbocycles. The van der Waals surface area contributed by atoms with Crippen LogP contribution in [0.2, 0.25) is 0 Å². The second kappa shape index (κ2) is 5.75. The van der Waals surface area contributed by atoms with Crippen LogP contribution in [0.25, 0.3) is 0 Å². The summed E-state index contributed by atoms with van der Waals surface area (Å²) in [5, 5.41) is 0. The van der Waals surface area contributed by atoms with Crippen LogP contribution in [0.4, 0.5) is 32.2 Å². The van der Waals surface area contributed by atoms with Crippen molar-refractivity contribution in [2.24, 2.45) is 0 Å². The van der Waals surface area contributed by atoms with E-state index in [1.807, 2.05) is 0 Å². The van der Waals surface area contributed by atoms with E-state index in [2.05, 4.69) is 9.72 Å². The smallest absolute Gasteiger partial charge is 0.434 e. The van der Waals surface area contributed by atoms with Crippen LogP contribution in [0.15, 0.2) is 18.3 Å². The molecule has 0 radical (unpaired) electrons. The largest absolute Gasteiger partial charge is 0.439 e. The second-order valence-corrected chi connectivity index (χ2v) is 5.29. The maximum Gasteiger partial charge on any atom is 0.434 e. The van der Waals surface area contributed by atoms with E-state index in [-0.39, 0.29) is 4.48 Å². The van der Waals surface area contributed by atoms with E-state index in [0.29, 0.717) is 5.82 Å². The van der Waals surface area contributed by atoms with E-state index >= 15 is 0 Å². The molecule has 0 amide bonds. The zero-order chi connectivity index (χ0) is 17.3. The van der Waals surface area contributed by atoms with E-state index in [0.717, 1.165) is 12.3 Å². The maximum atomic E-state index is 12.3. The zero-order valence-corrected chi connectivity index (χ0v) is 11.8. The Labute approximate surface area is 121 Å². The minimum absolute atomic E-state index is 0.253. The summed E-state index contributed by atoms with van der Waals surface area (Å²) in [6.07, 6.45) is -14.8. The fourth-order valence-electron chi connectivity index (χ4n) is 1.40. The van der Waals surface area contributed by atoms with Gasteiger partial charge in [0.2, 0.25) is 5.82 Å². The van der Waals surface area contributed by atoms with E-state index in [4.69, 9.17) is 0 Å². The highest BCUT2D eigenvalue weighted by molar-refractivity contribution is 5.89. The molecular weight excluding hydrogens is 318 g/mol. The van der Waals surface area contributed by atoms with Gasteiger partial charge in [0.15, 0.2) is 0 Å². The number of hydrogen-bond acceptors (Lipinski definition) is 3. The number of carbonyl (C=O) groups is 1. The Bertz CT molecular complexity index is 517. The molecule has 4 nitrogen and oxygen atoms in total. The first kappa shape index (κ1) is 18.2. The number of esters is 1. The molecule has 0 aliphatic heterocycles. The number of pyridine rings is 1. The highest BCUT2D eigenvalue weighted by Gasteiger charge is 2.59. The fraction of sp³-hybridized carbons (Fsp3) is 0.500. The molecule has 22 heavy (non-hydrogen) atoms. The molecule has 10 heteroatoms. The number of alkyl halides is 6. The summed E-state index contributed by atoms with van der Waals surface area (Å²) in [5.41, 5.74) is -0.504. The topological polar surface area (TPSA) is 39.2 Å². The van der Waals surface area contributed by atoms with Gasteiger partial charge in [0.25, 0.3) is 6.10 Å². The average molecular weight is 331 g/mol. The van der Waals surface area contributed by atoms with Crippen LogP contribution in [0.1, 0.15) is 10.4 Å². The summed E-state index contributed by atoms with van der Waals surface area (Å²) in [6.45, 7) is 0. The van der Waals surface area contributed by atoms with Gasteiger partial charge < -0.3 is 4.74 Å². The van der Waals surface area contributed by atoms with Crippen molar-refractivity contribution in [3.8, 4) is 0 Å². The minimum Gasteiger partial charge on any atom is -0.439 e. The van der Waals surface area contributed by atoms with Gasteiger partial charge in [-0.1, -0.05) is 0 Å². The Kier molecular flexibility index (Phi) is 4.76. The lowest BCUT2D eigenvalue weighted by Crippen LogP contribution is -2.45. The monoisotopic (exact) mass is 331 g/mol. The Morgan fingerprint density at radius 1 is 1.09 bits per heavy atom. The van der Waals surface area contributed by atoms with Gasteiger partial charge in [-0.3, -0.25) is 4.48 Å². The molecule has 0 aliphatic carbocycles. The van der Waals surface area contributed by atoms with Crippen LogP contribution in [0.5, 0.6) is 0 Å². The molecule has 0 bridgehead atoms. The molecule has 1 heterocycles. The number of hydrogen-bond donors (Lipinski definition) is 0. The van der Waals surface area contributed by atoms with Crippen LogP contribution in [0, 0.1) is 0 Å². The molecule has 0 saturated carbocycles. The summed E-state index contributed by atoms with van der Waals surface area (Å²) in [5.74, 6) is -1.29. The third kappa shape index (κ3) is 4.58. The number of ether oxygens (including phenoxy) is 1. The Balaban J connectivity index is 2.97. The number of nitrogens with zero attached hydrogens (tertiary/aromatic N) is 2. The van der Waals surface area contributed by atoms with Crippen LogP contribution in [0.3, 0.4) is 0 Å². The molecule has 0 fully saturated rings. The maximum absolute atomic E-state index is 12.3. The first-order valence-electron chi connectivity index (χ1n) is 5.85. The third-order valence-electron chi connectivity index (χ3n) is 2.49. The predicted molar refractivity (Wildman–Crippen MR) is 65.1 cm³/mol. The normalized spacial score (nSPS) is 13.4. The molecule has 0 spiro atoms. The molecule has 1 aromatic rings. The number of halogens is 6. The molecular formula is C12H13F6N2O2+. The van der Waals surface area contributed by atoms with E-state index in [1.54, 1.807) is 21.1 Å². The number of rotatable bonds is 3. The highest BCUT2D eigenvalue weighted by atomic mass is 19.4. The van der Waals surface area contributed by atoms with Gasteiger partial charge in [0.05, 0.1) is 26.7 Å². The average Bonchev–Trinajstić information content (AvgIpc) is 2.32. The molecule has 124 valence electrons. The van der Waals surface area contributed by atoms with Gasteiger partial charge in [-0.25, -0.2) is 9.78 Å². The highest BCUT2D eigenvalue weighted by Crippen LogP contribution is 2.36. The lowest BCUT2D eigenvalue weighted by atomic mass is 10.2. The van der Waals surface area contributed by atoms with Crippen LogP contribution in [-0.2, 0) is 4.74 Å². The first-order chi connectivity index (χ1) is 9.73. The van der Waals surface area contributed by atoms with Gasteiger partial charge in [-0.05, 0) is 6.07 Å². The molecule has 0 atom stereocenters. The molecule has 0 aliphatic rings. The predicted octanol–water partition coefficient (Wildman–Crippen LogP) is 2.93.